The molecule has 0 radical (unpaired) electrons. The number of carbonyl (C=O) groups is 1. The van der Waals surface area contributed by atoms with Crippen molar-refractivity contribution < 1.29 is 14.1 Å². The number of halogens is 2. The van der Waals surface area contributed by atoms with Crippen LogP contribution < -0.4 is 0 Å². The maximum Gasteiger partial charge on any atom is 0.285 e. The summed E-state index contributed by atoms with van der Waals surface area (Å²) in [5.41, 5.74) is -0.538. The van der Waals surface area contributed by atoms with Crippen molar-refractivity contribution in [2.45, 2.75) is 18.9 Å². The fourth-order valence-electron chi connectivity index (χ4n) is 1.92. The highest BCUT2D eigenvalue weighted by Crippen LogP contribution is 2.30. The van der Waals surface area contributed by atoms with Crippen molar-refractivity contribution in [2.24, 2.45) is 0 Å². The molecule has 1 aromatic carbocycles. The van der Waals surface area contributed by atoms with Gasteiger partial charge in [0.2, 0.25) is 0 Å². The first-order valence-electron chi connectivity index (χ1n) is 5.85. The first kappa shape index (κ1) is 13.9. The fraction of sp³-hybridized carbons (Fsp3) is 0.417. The number of carbonyl (C=O) groups excluding carboxylic acids is 1. The second kappa shape index (κ2) is 5.64. The van der Waals surface area contributed by atoms with Gasteiger partial charge in [-0.2, -0.15) is 0 Å². The standard InChI is InChI=1S/C12H12BrFN2O3/c13-5-6-15(9-2-3-9)12(17)10-4-1-8(14)7-11(10)16(18)19/h1,4,7,9H,2-3,5-6H2. The van der Waals surface area contributed by atoms with Crippen LogP contribution in [0.25, 0.3) is 0 Å². The summed E-state index contributed by atoms with van der Waals surface area (Å²) in [6.07, 6.45) is 1.82. The van der Waals surface area contributed by atoms with E-state index < -0.39 is 22.3 Å². The van der Waals surface area contributed by atoms with E-state index in [4.69, 9.17) is 0 Å². The SMILES string of the molecule is O=C(c1ccc(F)cc1[N+](=O)[O-])N(CCBr)C1CC1. The summed E-state index contributed by atoms with van der Waals surface area (Å²) in [6.45, 7) is 0.484. The maximum atomic E-state index is 13.1. The van der Waals surface area contributed by atoms with Crippen LogP contribution in [0.15, 0.2) is 18.2 Å². The minimum Gasteiger partial charge on any atom is -0.335 e. The number of hydrogen-bond acceptors (Lipinski definition) is 3. The van der Waals surface area contributed by atoms with Crippen molar-refractivity contribution >= 4 is 27.5 Å². The molecule has 7 heteroatoms. The number of alkyl halides is 1. The van der Waals surface area contributed by atoms with Crippen LogP contribution in [-0.2, 0) is 0 Å². The first-order valence-corrected chi connectivity index (χ1v) is 6.97. The summed E-state index contributed by atoms with van der Waals surface area (Å²) in [4.78, 5) is 24.1. The largest absolute Gasteiger partial charge is 0.335 e. The van der Waals surface area contributed by atoms with E-state index in [0.717, 1.165) is 25.0 Å². The van der Waals surface area contributed by atoms with E-state index in [1.165, 1.54) is 6.07 Å². The molecule has 1 saturated carbocycles. The summed E-state index contributed by atoms with van der Waals surface area (Å²) in [5, 5.41) is 11.5. The molecular weight excluding hydrogens is 319 g/mol. The average molecular weight is 331 g/mol. The van der Waals surface area contributed by atoms with Crippen LogP contribution in [0.2, 0.25) is 0 Å². The number of hydrogen-bond donors (Lipinski definition) is 0. The minimum atomic E-state index is -0.727. The number of amides is 1. The van der Waals surface area contributed by atoms with E-state index in [2.05, 4.69) is 15.9 Å². The molecule has 0 atom stereocenters. The molecule has 1 aliphatic carbocycles. The summed E-state index contributed by atoms with van der Waals surface area (Å²) < 4.78 is 13.1. The van der Waals surface area contributed by atoms with Gasteiger partial charge in [0.15, 0.2) is 0 Å². The summed E-state index contributed by atoms with van der Waals surface area (Å²) in [7, 11) is 0. The molecule has 0 aliphatic heterocycles. The predicted octanol–water partition coefficient (Wildman–Crippen LogP) is 2.73. The summed E-state index contributed by atoms with van der Waals surface area (Å²) >= 11 is 3.26. The lowest BCUT2D eigenvalue weighted by molar-refractivity contribution is -0.385. The Bertz CT molecular complexity index is 520. The predicted molar refractivity (Wildman–Crippen MR) is 70.9 cm³/mol. The Kier molecular flexibility index (Phi) is 4.14. The highest BCUT2D eigenvalue weighted by atomic mass is 79.9. The van der Waals surface area contributed by atoms with E-state index in [0.29, 0.717) is 11.9 Å². The van der Waals surface area contributed by atoms with Crippen molar-refractivity contribution in [3.63, 3.8) is 0 Å². The van der Waals surface area contributed by atoms with Gasteiger partial charge in [0, 0.05) is 17.9 Å². The monoisotopic (exact) mass is 330 g/mol. The molecule has 0 bridgehead atoms. The Labute approximate surface area is 117 Å². The molecular formula is C12H12BrFN2O3. The zero-order chi connectivity index (χ0) is 14.0. The highest BCUT2D eigenvalue weighted by molar-refractivity contribution is 9.09. The second-order valence-corrected chi connectivity index (χ2v) is 5.13. The highest BCUT2D eigenvalue weighted by Gasteiger charge is 2.35. The van der Waals surface area contributed by atoms with Crippen LogP contribution >= 0.6 is 15.9 Å². The van der Waals surface area contributed by atoms with Crippen LogP contribution in [0.5, 0.6) is 0 Å². The smallest absolute Gasteiger partial charge is 0.285 e. The zero-order valence-electron chi connectivity index (χ0n) is 10.0. The van der Waals surface area contributed by atoms with Crippen molar-refractivity contribution in [3.05, 3.63) is 39.7 Å². The van der Waals surface area contributed by atoms with E-state index in [-0.39, 0.29) is 11.6 Å². The van der Waals surface area contributed by atoms with Crippen molar-refractivity contribution in [2.75, 3.05) is 11.9 Å². The molecule has 0 unspecified atom stereocenters. The van der Waals surface area contributed by atoms with Crippen LogP contribution in [-0.4, -0.2) is 33.6 Å². The third kappa shape index (κ3) is 3.09. The summed E-state index contributed by atoms with van der Waals surface area (Å²) in [5.74, 6) is -1.13. The molecule has 0 aromatic heterocycles. The minimum absolute atomic E-state index is 0.0562. The molecule has 0 heterocycles. The maximum absolute atomic E-state index is 13.1. The van der Waals surface area contributed by atoms with Gasteiger partial charge >= 0.3 is 0 Å². The second-order valence-electron chi connectivity index (χ2n) is 4.34. The Balaban J connectivity index is 2.34. The third-order valence-corrected chi connectivity index (χ3v) is 3.32. The van der Waals surface area contributed by atoms with Gasteiger partial charge in [0.25, 0.3) is 11.6 Å². The molecule has 0 saturated heterocycles. The molecule has 0 N–H and O–H groups in total. The van der Waals surface area contributed by atoms with Gasteiger partial charge in [-0.05, 0) is 25.0 Å². The number of benzene rings is 1. The van der Waals surface area contributed by atoms with E-state index in [1.54, 1.807) is 4.90 Å². The Morgan fingerprint density at radius 3 is 2.74 bits per heavy atom. The van der Waals surface area contributed by atoms with Gasteiger partial charge in [-0.25, -0.2) is 4.39 Å². The zero-order valence-corrected chi connectivity index (χ0v) is 11.6. The summed E-state index contributed by atoms with van der Waals surface area (Å²) in [6, 6.07) is 3.18. The number of nitrogens with zero attached hydrogens (tertiary/aromatic N) is 2. The molecule has 1 aliphatic rings. The number of nitro groups is 1. The number of nitro benzene ring substituents is 1. The van der Waals surface area contributed by atoms with Crippen LogP contribution in [0, 0.1) is 15.9 Å². The van der Waals surface area contributed by atoms with Gasteiger partial charge in [-0.3, -0.25) is 14.9 Å². The van der Waals surface area contributed by atoms with E-state index in [1.807, 2.05) is 0 Å². The van der Waals surface area contributed by atoms with E-state index in [9.17, 15) is 19.3 Å². The first-order chi connectivity index (χ1) is 9.04. The quantitative estimate of drug-likeness (QED) is 0.473. The lowest BCUT2D eigenvalue weighted by atomic mass is 10.1. The van der Waals surface area contributed by atoms with Gasteiger partial charge < -0.3 is 4.90 Å². The van der Waals surface area contributed by atoms with E-state index >= 15 is 0 Å². The molecule has 1 amide bonds. The molecule has 19 heavy (non-hydrogen) atoms. The fourth-order valence-corrected chi connectivity index (χ4v) is 2.30. The molecule has 2 rings (SSSR count). The molecule has 1 fully saturated rings. The normalized spacial score (nSPS) is 14.2. The van der Waals surface area contributed by atoms with Crippen LogP contribution in [0.1, 0.15) is 23.2 Å². The molecule has 1 aromatic rings. The van der Waals surface area contributed by atoms with Gasteiger partial charge in [0.05, 0.1) is 11.0 Å². The molecule has 0 spiro atoms. The van der Waals surface area contributed by atoms with Crippen molar-refractivity contribution in [3.8, 4) is 0 Å². The van der Waals surface area contributed by atoms with Crippen molar-refractivity contribution in [1.82, 2.24) is 4.90 Å². The number of rotatable bonds is 5. The Morgan fingerprint density at radius 2 is 2.21 bits per heavy atom. The Hall–Kier alpha value is -1.50. The van der Waals surface area contributed by atoms with Crippen LogP contribution in [0.4, 0.5) is 10.1 Å². The van der Waals surface area contributed by atoms with Gasteiger partial charge in [-0.15, -0.1) is 0 Å². The topological polar surface area (TPSA) is 63.4 Å². The van der Waals surface area contributed by atoms with Crippen LogP contribution in [0.3, 0.4) is 0 Å². The van der Waals surface area contributed by atoms with Crippen molar-refractivity contribution in [1.29, 1.82) is 0 Å². The lowest BCUT2D eigenvalue weighted by Crippen LogP contribution is -2.35. The third-order valence-electron chi connectivity index (χ3n) is 2.96. The Morgan fingerprint density at radius 1 is 1.53 bits per heavy atom. The molecule has 102 valence electrons. The lowest BCUT2D eigenvalue weighted by Gasteiger charge is -2.21. The van der Waals surface area contributed by atoms with Gasteiger partial charge in [-0.1, -0.05) is 15.9 Å². The van der Waals surface area contributed by atoms with Gasteiger partial charge in [0.1, 0.15) is 11.4 Å². The average Bonchev–Trinajstić information content (AvgIpc) is 3.19. The molecule has 5 nitrogen and oxygen atoms in total.